The van der Waals surface area contributed by atoms with E-state index in [0.29, 0.717) is 16.1 Å². The lowest BCUT2D eigenvalue weighted by molar-refractivity contribution is -0.115. The van der Waals surface area contributed by atoms with Crippen LogP contribution < -0.4 is 5.32 Å². The molecule has 0 saturated heterocycles. The molecule has 0 unspecified atom stereocenters. The standard InChI is InChI=1S/C16H12Cl2F2N2O2/c17-12-3-1-10(7-13(12)18)9-24-21-6-5-16(23)22-15-4-2-11(19)8-14(15)20/h1-4,6-8H,5,9H2,(H,22,23)/b21-6-. The van der Waals surface area contributed by atoms with E-state index in [1.165, 1.54) is 6.21 Å². The molecule has 0 aliphatic rings. The highest BCUT2D eigenvalue weighted by molar-refractivity contribution is 6.42. The number of carbonyl (C=O) groups is 1. The van der Waals surface area contributed by atoms with Gasteiger partial charge in [-0.1, -0.05) is 34.4 Å². The van der Waals surface area contributed by atoms with Crippen molar-refractivity contribution in [3.05, 3.63) is 63.6 Å². The van der Waals surface area contributed by atoms with E-state index in [4.69, 9.17) is 28.0 Å². The number of nitrogens with zero attached hydrogens (tertiary/aromatic N) is 1. The lowest BCUT2D eigenvalue weighted by atomic mass is 10.2. The second kappa shape index (κ2) is 8.61. The molecule has 2 aromatic carbocycles. The van der Waals surface area contributed by atoms with Crippen LogP contribution in [0.4, 0.5) is 14.5 Å². The number of oxime groups is 1. The van der Waals surface area contributed by atoms with Gasteiger partial charge < -0.3 is 10.2 Å². The van der Waals surface area contributed by atoms with Crippen molar-refractivity contribution in [2.75, 3.05) is 5.32 Å². The van der Waals surface area contributed by atoms with Crippen LogP contribution in [0.3, 0.4) is 0 Å². The molecule has 0 aromatic heterocycles. The third-order valence-electron chi connectivity index (χ3n) is 2.85. The topological polar surface area (TPSA) is 50.7 Å². The van der Waals surface area contributed by atoms with Gasteiger partial charge in [-0.05, 0) is 29.8 Å². The molecule has 0 spiro atoms. The molecule has 8 heteroatoms. The molecule has 126 valence electrons. The normalized spacial score (nSPS) is 10.8. The van der Waals surface area contributed by atoms with Crippen LogP contribution in [0.25, 0.3) is 0 Å². The predicted molar refractivity (Wildman–Crippen MR) is 89.3 cm³/mol. The maximum absolute atomic E-state index is 13.4. The summed E-state index contributed by atoms with van der Waals surface area (Å²) in [4.78, 5) is 16.6. The lowest BCUT2D eigenvalue weighted by Gasteiger charge is -2.04. The molecular weight excluding hydrogens is 361 g/mol. The summed E-state index contributed by atoms with van der Waals surface area (Å²) in [5, 5.41) is 6.77. The number of hydrogen-bond donors (Lipinski definition) is 1. The zero-order valence-electron chi connectivity index (χ0n) is 12.2. The van der Waals surface area contributed by atoms with Crippen molar-refractivity contribution in [3.8, 4) is 0 Å². The van der Waals surface area contributed by atoms with Crippen LogP contribution in [0, 0.1) is 11.6 Å². The number of benzene rings is 2. The summed E-state index contributed by atoms with van der Waals surface area (Å²) in [6, 6.07) is 7.88. The fourth-order valence-electron chi connectivity index (χ4n) is 1.71. The number of hydrogen-bond acceptors (Lipinski definition) is 3. The fraction of sp³-hybridized carbons (Fsp3) is 0.125. The van der Waals surface area contributed by atoms with Crippen LogP contribution in [-0.2, 0) is 16.2 Å². The van der Waals surface area contributed by atoms with E-state index < -0.39 is 17.5 Å². The number of halogens is 4. The number of anilines is 1. The first-order valence-corrected chi connectivity index (χ1v) is 7.54. The van der Waals surface area contributed by atoms with Gasteiger partial charge in [0.05, 0.1) is 28.4 Å². The fourth-order valence-corrected chi connectivity index (χ4v) is 2.03. The molecule has 0 saturated carbocycles. The van der Waals surface area contributed by atoms with Crippen molar-refractivity contribution in [3.63, 3.8) is 0 Å². The Morgan fingerprint density at radius 3 is 2.67 bits per heavy atom. The van der Waals surface area contributed by atoms with Gasteiger partial charge >= 0.3 is 0 Å². The second-order valence-corrected chi connectivity index (χ2v) is 5.50. The van der Waals surface area contributed by atoms with Crippen LogP contribution >= 0.6 is 23.2 Å². The van der Waals surface area contributed by atoms with Crippen molar-refractivity contribution >= 4 is 41.0 Å². The maximum Gasteiger partial charge on any atom is 0.229 e. The van der Waals surface area contributed by atoms with Crippen molar-refractivity contribution in [2.45, 2.75) is 13.0 Å². The van der Waals surface area contributed by atoms with E-state index in [-0.39, 0.29) is 18.7 Å². The van der Waals surface area contributed by atoms with Gasteiger partial charge in [-0.25, -0.2) is 8.78 Å². The van der Waals surface area contributed by atoms with E-state index in [1.807, 2.05) is 0 Å². The van der Waals surface area contributed by atoms with Gasteiger partial charge in [0.25, 0.3) is 0 Å². The summed E-state index contributed by atoms with van der Waals surface area (Å²) in [6.45, 7) is 0.154. The van der Waals surface area contributed by atoms with E-state index in [9.17, 15) is 13.6 Å². The first kappa shape index (κ1) is 18.2. The molecule has 4 nitrogen and oxygen atoms in total. The number of nitrogens with one attached hydrogen (secondary N) is 1. The highest BCUT2D eigenvalue weighted by atomic mass is 35.5. The van der Waals surface area contributed by atoms with Crippen LogP contribution in [0.15, 0.2) is 41.6 Å². The Labute approximate surface area is 147 Å². The largest absolute Gasteiger partial charge is 0.391 e. The summed E-state index contributed by atoms with van der Waals surface area (Å²) < 4.78 is 26.1. The minimum Gasteiger partial charge on any atom is -0.391 e. The molecule has 0 radical (unpaired) electrons. The Hall–Kier alpha value is -2.18. The molecule has 24 heavy (non-hydrogen) atoms. The third kappa shape index (κ3) is 5.47. The van der Waals surface area contributed by atoms with E-state index in [0.717, 1.165) is 17.7 Å². The van der Waals surface area contributed by atoms with Gasteiger partial charge in [-0.2, -0.15) is 0 Å². The minimum absolute atomic E-state index is 0.105. The Morgan fingerprint density at radius 2 is 1.96 bits per heavy atom. The first-order valence-electron chi connectivity index (χ1n) is 6.78. The molecule has 0 atom stereocenters. The predicted octanol–water partition coefficient (Wildman–Crippen LogP) is 4.80. The summed E-state index contributed by atoms with van der Waals surface area (Å²) >= 11 is 11.7. The highest BCUT2D eigenvalue weighted by Crippen LogP contribution is 2.22. The molecule has 0 fully saturated rings. The van der Waals surface area contributed by atoms with E-state index in [1.54, 1.807) is 18.2 Å². The zero-order chi connectivity index (χ0) is 17.5. The Kier molecular flexibility index (Phi) is 6.52. The second-order valence-electron chi connectivity index (χ2n) is 4.69. The number of rotatable bonds is 6. The van der Waals surface area contributed by atoms with Gasteiger partial charge in [0.15, 0.2) is 0 Å². The van der Waals surface area contributed by atoms with Crippen molar-refractivity contribution in [1.82, 2.24) is 0 Å². The molecule has 0 aliphatic carbocycles. The molecule has 0 bridgehead atoms. The van der Waals surface area contributed by atoms with Crippen molar-refractivity contribution in [1.29, 1.82) is 0 Å². The molecule has 1 N–H and O–H groups in total. The Morgan fingerprint density at radius 1 is 1.17 bits per heavy atom. The summed E-state index contributed by atoms with van der Waals surface area (Å²) in [6.07, 6.45) is 1.10. The van der Waals surface area contributed by atoms with Crippen LogP contribution in [-0.4, -0.2) is 12.1 Å². The molecular formula is C16H12Cl2F2N2O2. The molecule has 1 amide bonds. The minimum atomic E-state index is -0.851. The smallest absolute Gasteiger partial charge is 0.229 e. The average Bonchev–Trinajstić information content (AvgIpc) is 2.53. The van der Waals surface area contributed by atoms with E-state index in [2.05, 4.69) is 10.5 Å². The molecule has 0 heterocycles. The van der Waals surface area contributed by atoms with Gasteiger partial charge in [0.1, 0.15) is 18.2 Å². The van der Waals surface area contributed by atoms with Crippen molar-refractivity contribution < 1.29 is 18.4 Å². The lowest BCUT2D eigenvalue weighted by Crippen LogP contribution is -2.13. The molecule has 2 rings (SSSR count). The van der Waals surface area contributed by atoms with Crippen LogP contribution in [0.1, 0.15) is 12.0 Å². The third-order valence-corrected chi connectivity index (χ3v) is 3.59. The molecule has 2 aromatic rings. The van der Waals surface area contributed by atoms with Gasteiger partial charge in [-0.3, -0.25) is 4.79 Å². The Bertz CT molecular complexity index is 770. The number of carbonyl (C=O) groups excluding carboxylic acids is 1. The van der Waals surface area contributed by atoms with Gasteiger partial charge in [0, 0.05) is 6.07 Å². The monoisotopic (exact) mass is 372 g/mol. The quantitative estimate of drug-likeness (QED) is 0.584. The van der Waals surface area contributed by atoms with Crippen molar-refractivity contribution in [2.24, 2.45) is 5.16 Å². The van der Waals surface area contributed by atoms with Crippen LogP contribution in [0.5, 0.6) is 0 Å². The first-order chi connectivity index (χ1) is 11.5. The van der Waals surface area contributed by atoms with Gasteiger partial charge in [0.2, 0.25) is 5.91 Å². The summed E-state index contributed by atoms with van der Waals surface area (Å²) in [7, 11) is 0. The number of amides is 1. The maximum atomic E-state index is 13.4. The van der Waals surface area contributed by atoms with E-state index >= 15 is 0 Å². The Balaban J connectivity index is 1.77. The highest BCUT2D eigenvalue weighted by Gasteiger charge is 2.07. The summed E-state index contributed by atoms with van der Waals surface area (Å²) in [5.74, 6) is -2.08. The van der Waals surface area contributed by atoms with Crippen LogP contribution in [0.2, 0.25) is 10.0 Å². The zero-order valence-corrected chi connectivity index (χ0v) is 13.7. The SMILES string of the molecule is O=C(C/C=N\OCc1ccc(Cl)c(Cl)c1)Nc1ccc(F)cc1F. The average molecular weight is 373 g/mol. The molecule has 0 aliphatic heterocycles. The summed E-state index contributed by atoms with van der Waals surface area (Å²) in [5.41, 5.74) is 0.658. The van der Waals surface area contributed by atoms with Gasteiger partial charge in [-0.15, -0.1) is 0 Å².